The van der Waals surface area contributed by atoms with Gasteiger partial charge in [-0.3, -0.25) is 9.69 Å². The molecule has 2 heterocycles. The number of hydrogen-bond donors (Lipinski definition) is 1. The van der Waals surface area contributed by atoms with Crippen LogP contribution < -0.4 is 10.2 Å². The van der Waals surface area contributed by atoms with Crippen LogP contribution in [0.5, 0.6) is 0 Å². The molecule has 2 aromatic carbocycles. The number of amides is 1. The van der Waals surface area contributed by atoms with Crippen LogP contribution in [0.15, 0.2) is 48.5 Å². The Labute approximate surface area is 181 Å². The first-order valence-electron chi connectivity index (χ1n) is 11.4. The lowest BCUT2D eigenvalue weighted by molar-refractivity contribution is 0.0951. The molecule has 4 rings (SSSR count). The summed E-state index contributed by atoms with van der Waals surface area (Å²) in [5.41, 5.74) is 5.37. The highest BCUT2D eigenvalue weighted by molar-refractivity contribution is 5.94. The number of carbonyl (C=O) groups is 1. The van der Waals surface area contributed by atoms with E-state index in [0.717, 1.165) is 57.7 Å². The van der Waals surface area contributed by atoms with Gasteiger partial charge in [-0.2, -0.15) is 0 Å². The monoisotopic (exact) mass is 405 g/mol. The number of piperidine rings is 1. The predicted octanol–water partition coefficient (Wildman–Crippen LogP) is 4.49. The van der Waals surface area contributed by atoms with Crippen LogP contribution in [0.4, 0.5) is 5.69 Å². The maximum absolute atomic E-state index is 12.5. The van der Waals surface area contributed by atoms with Crippen molar-refractivity contribution in [2.45, 2.75) is 46.1 Å². The van der Waals surface area contributed by atoms with Crippen LogP contribution in [0, 0.1) is 5.41 Å². The first-order chi connectivity index (χ1) is 14.5. The second kappa shape index (κ2) is 9.22. The normalized spacial score (nSPS) is 18.7. The topological polar surface area (TPSA) is 35.6 Å². The van der Waals surface area contributed by atoms with Crippen molar-refractivity contribution in [3.63, 3.8) is 0 Å². The number of fused-ring (bicyclic) bond motifs is 1. The average molecular weight is 406 g/mol. The van der Waals surface area contributed by atoms with Crippen LogP contribution in [0.2, 0.25) is 0 Å². The highest BCUT2D eigenvalue weighted by Gasteiger charge is 2.25. The van der Waals surface area contributed by atoms with Crippen LogP contribution in [-0.4, -0.2) is 43.5 Å². The number of carbonyl (C=O) groups excluding carboxylic acids is 1. The fourth-order valence-electron chi connectivity index (χ4n) is 4.55. The summed E-state index contributed by atoms with van der Waals surface area (Å²) in [7, 11) is 0. The van der Waals surface area contributed by atoms with Crippen LogP contribution in [0.1, 0.15) is 54.6 Å². The van der Waals surface area contributed by atoms with Crippen molar-refractivity contribution in [2.75, 3.05) is 37.6 Å². The number of benzene rings is 2. The highest BCUT2D eigenvalue weighted by Crippen LogP contribution is 2.32. The van der Waals surface area contributed by atoms with Crippen molar-refractivity contribution < 1.29 is 4.79 Å². The van der Waals surface area contributed by atoms with Gasteiger partial charge < -0.3 is 10.2 Å². The molecule has 1 N–H and O–H groups in total. The molecule has 0 saturated carbocycles. The van der Waals surface area contributed by atoms with E-state index in [-0.39, 0.29) is 5.91 Å². The Hall–Kier alpha value is -2.33. The Kier molecular flexibility index (Phi) is 6.43. The number of nitrogens with one attached hydrogen (secondary N) is 1. The fourth-order valence-corrected chi connectivity index (χ4v) is 4.55. The average Bonchev–Trinajstić information content (AvgIpc) is 2.76. The van der Waals surface area contributed by atoms with E-state index in [9.17, 15) is 4.79 Å². The van der Waals surface area contributed by atoms with E-state index in [1.54, 1.807) is 0 Å². The molecular weight excluding hydrogens is 370 g/mol. The van der Waals surface area contributed by atoms with E-state index in [4.69, 9.17) is 0 Å². The molecule has 0 atom stereocenters. The second-order valence-electron chi connectivity index (χ2n) is 9.60. The zero-order chi connectivity index (χ0) is 21.0. The molecule has 1 amide bonds. The summed E-state index contributed by atoms with van der Waals surface area (Å²) in [5, 5.41) is 3.09. The summed E-state index contributed by atoms with van der Waals surface area (Å²) in [5.74, 6) is 0.0327. The minimum Gasteiger partial charge on any atom is -0.371 e. The van der Waals surface area contributed by atoms with Crippen molar-refractivity contribution in [1.29, 1.82) is 0 Å². The third-order valence-corrected chi connectivity index (χ3v) is 6.76. The van der Waals surface area contributed by atoms with Gasteiger partial charge >= 0.3 is 0 Å². The van der Waals surface area contributed by atoms with Gasteiger partial charge in [-0.15, -0.1) is 0 Å². The molecule has 30 heavy (non-hydrogen) atoms. The van der Waals surface area contributed by atoms with Crippen molar-refractivity contribution >= 4 is 11.6 Å². The standard InChI is InChI=1S/C26H35N3O/c1-26(2)13-18-29(19-14-26)24-10-8-22(9-11-24)25(30)27-15-5-16-28-17-12-21-6-3-4-7-23(21)20-28/h3-4,6-11H,5,12-20H2,1-2H3,(H,27,30). The Bertz CT molecular complexity index is 849. The zero-order valence-electron chi connectivity index (χ0n) is 18.5. The van der Waals surface area contributed by atoms with Crippen molar-refractivity contribution in [3.8, 4) is 0 Å². The van der Waals surface area contributed by atoms with Crippen LogP contribution in [0.25, 0.3) is 0 Å². The summed E-state index contributed by atoms with van der Waals surface area (Å²) in [6.45, 7) is 10.8. The maximum Gasteiger partial charge on any atom is 0.251 e. The van der Waals surface area contributed by atoms with Gasteiger partial charge in [0.15, 0.2) is 0 Å². The maximum atomic E-state index is 12.5. The third-order valence-electron chi connectivity index (χ3n) is 6.76. The number of hydrogen-bond acceptors (Lipinski definition) is 3. The van der Waals surface area contributed by atoms with Crippen LogP contribution in [-0.2, 0) is 13.0 Å². The van der Waals surface area contributed by atoms with Crippen molar-refractivity contribution in [1.82, 2.24) is 10.2 Å². The quantitative estimate of drug-likeness (QED) is 0.719. The van der Waals surface area contributed by atoms with E-state index in [1.807, 2.05) is 12.1 Å². The molecule has 1 saturated heterocycles. The molecule has 160 valence electrons. The summed E-state index contributed by atoms with van der Waals surface area (Å²) in [6, 6.07) is 16.8. The highest BCUT2D eigenvalue weighted by atomic mass is 16.1. The minimum absolute atomic E-state index is 0.0327. The predicted molar refractivity (Wildman–Crippen MR) is 124 cm³/mol. The Morgan fingerprint density at radius 3 is 2.40 bits per heavy atom. The molecule has 0 aliphatic carbocycles. The van der Waals surface area contributed by atoms with E-state index in [0.29, 0.717) is 5.41 Å². The fraction of sp³-hybridized carbons (Fsp3) is 0.500. The molecule has 0 unspecified atom stereocenters. The van der Waals surface area contributed by atoms with Gasteiger partial charge in [-0.1, -0.05) is 38.1 Å². The number of nitrogens with zero attached hydrogens (tertiary/aromatic N) is 2. The van der Waals surface area contributed by atoms with Gasteiger partial charge in [0.05, 0.1) is 0 Å². The van der Waals surface area contributed by atoms with Crippen LogP contribution in [0.3, 0.4) is 0 Å². The number of rotatable bonds is 6. The summed E-state index contributed by atoms with van der Waals surface area (Å²) in [6.07, 6.45) is 4.55. The Morgan fingerprint density at radius 2 is 1.67 bits per heavy atom. The van der Waals surface area contributed by atoms with E-state index < -0.39 is 0 Å². The van der Waals surface area contributed by atoms with E-state index in [1.165, 1.54) is 29.7 Å². The van der Waals surface area contributed by atoms with Gasteiger partial charge in [0.1, 0.15) is 0 Å². The molecule has 2 aromatic rings. The molecule has 2 aliphatic rings. The largest absolute Gasteiger partial charge is 0.371 e. The summed E-state index contributed by atoms with van der Waals surface area (Å²) >= 11 is 0. The molecule has 2 aliphatic heterocycles. The smallest absolute Gasteiger partial charge is 0.251 e. The van der Waals surface area contributed by atoms with Gasteiger partial charge in [0, 0.05) is 50.5 Å². The molecule has 0 bridgehead atoms. The Morgan fingerprint density at radius 1 is 0.967 bits per heavy atom. The van der Waals surface area contributed by atoms with E-state index >= 15 is 0 Å². The molecule has 0 radical (unpaired) electrons. The molecule has 0 spiro atoms. The summed E-state index contributed by atoms with van der Waals surface area (Å²) in [4.78, 5) is 17.4. The Balaban J connectivity index is 1.19. The van der Waals surface area contributed by atoms with Gasteiger partial charge in [0.25, 0.3) is 5.91 Å². The van der Waals surface area contributed by atoms with E-state index in [2.05, 4.69) is 65.4 Å². The third kappa shape index (κ3) is 5.23. The lowest BCUT2D eigenvalue weighted by Crippen LogP contribution is -2.37. The van der Waals surface area contributed by atoms with Gasteiger partial charge in [-0.25, -0.2) is 0 Å². The molecular formula is C26H35N3O. The lowest BCUT2D eigenvalue weighted by Gasteiger charge is -2.38. The summed E-state index contributed by atoms with van der Waals surface area (Å²) < 4.78 is 0. The van der Waals surface area contributed by atoms with Gasteiger partial charge in [-0.05, 0) is 66.5 Å². The number of anilines is 1. The molecule has 4 heteroatoms. The SMILES string of the molecule is CC1(C)CCN(c2ccc(C(=O)NCCCN3CCc4ccccc4C3)cc2)CC1. The van der Waals surface area contributed by atoms with Crippen LogP contribution >= 0.6 is 0 Å². The van der Waals surface area contributed by atoms with Crippen molar-refractivity contribution in [3.05, 3.63) is 65.2 Å². The first-order valence-corrected chi connectivity index (χ1v) is 11.4. The second-order valence-corrected chi connectivity index (χ2v) is 9.60. The minimum atomic E-state index is 0.0327. The lowest BCUT2D eigenvalue weighted by atomic mass is 9.82. The molecule has 0 aromatic heterocycles. The first kappa shape index (κ1) is 20.9. The molecule has 4 nitrogen and oxygen atoms in total. The van der Waals surface area contributed by atoms with Crippen molar-refractivity contribution in [2.24, 2.45) is 5.41 Å². The zero-order valence-corrected chi connectivity index (χ0v) is 18.5. The van der Waals surface area contributed by atoms with Gasteiger partial charge in [0.2, 0.25) is 0 Å². The molecule has 1 fully saturated rings.